The van der Waals surface area contributed by atoms with Crippen molar-refractivity contribution in [3.05, 3.63) is 72.0 Å². The largest absolute Gasteiger partial charge is 0.480 e. The van der Waals surface area contributed by atoms with Gasteiger partial charge < -0.3 is 61.6 Å². The fourth-order valence-electron chi connectivity index (χ4n) is 6.88. The molecule has 0 aromatic heterocycles. The third kappa shape index (κ3) is 20.4. The zero-order chi connectivity index (χ0) is 52.7. The molecule has 1 aliphatic heterocycles. The quantitative estimate of drug-likeness (QED) is 0.0626. The molecule has 1 saturated heterocycles. The zero-order valence-corrected chi connectivity index (χ0v) is 40.3. The van der Waals surface area contributed by atoms with Gasteiger partial charge in [-0.2, -0.15) is 0 Å². The van der Waals surface area contributed by atoms with E-state index in [1.807, 2.05) is 43.3 Å². The van der Waals surface area contributed by atoms with Crippen LogP contribution in [0.15, 0.2) is 66.4 Å². The van der Waals surface area contributed by atoms with E-state index in [-0.39, 0.29) is 12.0 Å². The van der Waals surface area contributed by atoms with Gasteiger partial charge in [-0.1, -0.05) is 74.6 Å². The summed E-state index contributed by atoms with van der Waals surface area (Å²) in [5.41, 5.74) is 1.14. The third-order valence-corrected chi connectivity index (χ3v) is 11.1. The highest BCUT2D eigenvalue weighted by atomic mass is 16.5. The summed E-state index contributed by atoms with van der Waals surface area (Å²) in [6.45, 7) is 9.73. The van der Waals surface area contributed by atoms with Crippen LogP contribution in [0.2, 0.25) is 0 Å². The van der Waals surface area contributed by atoms with Crippen molar-refractivity contribution in [1.29, 1.82) is 0 Å². The molecule has 1 aliphatic rings. The Kier molecular flexibility index (Phi) is 24.7. The van der Waals surface area contributed by atoms with Crippen molar-refractivity contribution in [2.24, 2.45) is 11.8 Å². The second-order valence-corrected chi connectivity index (χ2v) is 16.6. The molecule has 23 nitrogen and oxygen atoms in total. The van der Waals surface area contributed by atoms with E-state index in [9.17, 15) is 63.0 Å². The van der Waals surface area contributed by atoms with Crippen molar-refractivity contribution < 1.29 is 77.2 Å². The van der Waals surface area contributed by atoms with Crippen molar-refractivity contribution in [3.63, 3.8) is 0 Å². The first-order valence-corrected chi connectivity index (χ1v) is 22.3. The van der Waals surface area contributed by atoms with E-state index in [4.69, 9.17) is 9.47 Å². The fraction of sp³-hybridized carbons (Fsp3) is 0.511. The zero-order valence-electron chi connectivity index (χ0n) is 40.3. The molecule has 9 atom stereocenters. The molecular weight excluding hydrogens is 919 g/mol. The van der Waals surface area contributed by atoms with Crippen LogP contribution >= 0.6 is 0 Å². The minimum absolute atomic E-state index is 0.152. The molecule has 0 aliphatic carbocycles. The number of ether oxygens (including phenoxy) is 3. The van der Waals surface area contributed by atoms with Crippen molar-refractivity contribution in [3.8, 4) is 0 Å². The summed E-state index contributed by atoms with van der Waals surface area (Å²) in [5.74, 6) is -13.4. The predicted octanol–water partition coefficient (Wildman–Crippen LogP) is -0.163. The van der Waals surface area contributed by atoms with Crippen LogP contribution in [-0.4, -0.2) is 139 Å². The molecule has 1 heterocycles. The van der Waals surface area contributed by atoms with Crippen LogP contribution in [0.4, 0.5) is 0 Å². The van der Waals surface area contributed by atoms with Crippen molar-refractivity contribution in [2.75, 3.05) is 21.3 Å². The lowest BCUT2D eigenvalue weighted by atomic mass is 9.94. The molecule has 7 amide bonds. The summed E-state index contributed by atoms with van der Waals surface area (Å²) in [4.78, 5) is 143. The number of methoxy groups -OCH3 is 3. The van der Waals surface area contributed by atoms with Crippen LogP contribution in [0.3, 0.4) is 0 Å². The number of allylic oxidation sites excluding steroid dienone is 2. The van der Waals surface area contributed by atoms with Crippen LogP contribution in [0, 0.1) is 11.8 Å². The minimum Gasteiger partial charge on any atom is -0.480 e. The first-order valence-electron chi connectivity index (χ1n) is 22.3. The average molecular weight is 984 g/mol. The van der Waals surface area contributed by atoms with E-state index >= 15 is 0 Å². The maximum absolute atomic E-state index is 14.1. The van der Waals surface area contributed by atoms with Gasteiger partial charge in [-0.25, -0.2) is 9.59 Å². The van der Waals surface area contributed by atoms with Crippen molar-refractivity contribution in [1.82, 2.24) is 37.2 Å². The van der Waals surface area contributed by atoms with Gasteiger partial charge >= 0.3 is 23.9 Å². The lowest BCUT2D eigenvalue weighted by molar-refractivity contribution is -0.145. The second-order valence-electron chi connectivity index (χ2n) is 16.6. The van der Waals surface area contributed by atoms with Gasteiger partial charge in [0, 0.05) is 32.3 Å². The molecule has 1 unspecified atom stereocenters. The molecular formula is C47H65N7O16. The maximum atomic E-state index is 14.1. The number of carboxylic acids is 2. The molecule has 0 saturated carbocycles. The van der Waals surface area contributed by atoms with Crippen LogP contribution in [0.1, 0.15) is 78.2 Å². The number of aliphatic carboxylic acids is 2. The first kappa shape index (κ1) is 58.7. The highest BCUT2D eigenvalue weighted by molar-refractivity contribution is 6.00. The topological polar surface area (TPSA) is 340 Å². The number of rotatable bonds is 15. The predicted molar refractivity (Wildman–Crippen MR) is 248 cm³/mol. The number of carboxylic acid groups (broad SMARTS) is 2. The maximum Gasteiger partial charge on any atom is 0.326 e. The molecule has 384 valence electrons. The Bertz CT molecular complexity index is 2140. The summed E-state index contributed by atoms with van der Waals surface area (Å²) in [7, 11) is 3.74. The van der Waals surface area contributed by atoms with Crippen molar-refractivity contribution in [2.45, 2.75) is 121 Å². The van der Waals surface area contributed by atoms with Gasteiger partial charge in [0.05, 0.1) is 44.4 Å². The lowest BCUT2D eigenvalue weighted by Gasteiger charge is -2.27. The first-order chi connectivity index (χ1) is 33.0. The second kappa shape index (κ2) is 29.5. The van der Waals surface area contributed by atoms with E-state index in [2.05, 4.69) is 48.5 Å². The number of hydrogen-bond donors (Lipinski definition) is 9. The molecule has 1 aromatic carbocycles. The Morgan fingerprint density at radius 1 is 0.743 bits per heavy atom. The summed E-state index contributed by atoms with van der Waals surface area (Å²) < 4.78 is 15.1. The van der Waals surface area contributed by atoms with Gasteiger partial charge in [0.25, 0.3) is 5.91 Å². The van der Waals surface area contributed by atoms with Crippen LogP contribution in [0.25, 0.3) is 0 Å². The Labute approximate surface area is 405 Å². The Morgan fingerprint density at radius 3 is 1.86 bits per heavy atom. The van der Waals surface area contributed by atoms with Gasteiger partial charge in [0.2, 0.25) is 35.4 Å². The Morgan fingerprint density at radius 2 is 1.30 bits per heavy atom. The number of carbonyl (C=O) groups is 11. The van der Waals surface area contributed by atoms with Gasteiger partial charge in [-0.05, 0) is 45.1 Å². The number of amides is 7. The molecule has 1 aromatic rings. The summed E-state index contributed by atoms with van der Waals surface area (Å²) in [6.07, 6.45) is 1.51. The lowest BCUT2D eigenvalue weighted by Crippen LogP contribution is -2.56. The SMILES string of the molecule is C=C1NC(=O)CC[C@H](C(=O)O)NC(=O)[C@@H](C)C(/C=C/C(C)=C/[C@H](C)[C@H](Cc2ccccc2)OC)NC(=O)[C@H](CCC(=O)OC)NC(=O)C[C@H](C(=O)O)NC(=O)[C@H](CCC(=O)OC)NC(=O)[C@@H](C)NC1=O. The van der Waals surface area contributed by atoms with Gasteiger partial charge in [-0.3, -0.25) is 43.2 Å². The molecule has 0 spiro atoms. The third-order valence-electron chi connectivity index (χ3n) is 11.1. The molecule has 70 heavy (non-hydrogen) atoms. The highest BCUT2D eigenvalue weighted by Gasteiger charge is 2.34. The normalized spacial score (nSPS) is 24.1. The highest BCUT2D eigenvalue weighted by Crippen LogP contribution is 2.18. The molecule has 9 N–H and O–H groups in total. The Hall–Kier alpha value is -7.43. The minimum atomic E-state index is -2.00. The molecule has 1 fully saturated rings. The molecule has 23 heteroatoms. The standard InChI is InChI=1S/C47H65N7O16/c1-25(22-26(2)36(68-6)23-30-12-10-9-11-13-30)14-15-31-27(3)41(59)53-34(46(64)65)16-19-37(55)48-28(4)42(60)49-29(5)43(61)52-33(18-21-40(58)70-8)45(63)54-35(47(66)67)24-38(56)50-32(44(62)51-31)17-20-39(57)69-7/h9-15,22,26-27,29,31-36H,4,16-21,23-24H2,1-3,5-8H3,(H,48,55)(H,49,60)(H,50,56)(H,51,62)(H,52,61)(H,53,59)(H,54,63)(H,64,65)(H,66,67)/b15-14+,25-22+/t26-,27-,29+,31?,32-,33-,34+,35+,36-/m0/s1. The molecule has 0 radical (unpaired) electrons. The fourth-order valence-corrected chi connectivity index (χ4v) is 6.88. The van der Waals surface area contributed by atoms with Crippen molar-refractivity contribution >= 4 is 65.2 Å². The van der Waals surface area contributed by atoms with E-state index < -0.39 is 158 Å². The monoisotopic (exact) mass is 983 g/mol. The van der Waals surface area contributed by atoms with E-state index in [0.717, 1.165) is 19.8 Å². The molecule has 2 rings (SSSR count). The van der Waals surface area contributed by atoms with Gasteiger partial charge in [-0.15, -0.1) is 0 Å². The summed E-state index contributed by atoms with van der Waals surface area (Å²) in [5, 5.41) is 36.4. The number of benzene rings is 1. The molecule has 0 bridgehead atoms. The van der Waals surface area contributed by atoms with E-state index in [1.54, 1.807) is 20.1 Å². The Balaban J connectivity index is 2.66. The number of carbonyl (C=O) groups excluding carboxylic acids is 9. The smallest absolute Gasteiger partial charge is 0.326 e. The van der Waals surface area contributed by atoms with Gasteiger partial charge in [0.1, 0.15) is 30.2 Å². The van der Waals surface area contributed by atoms with Gasteiger partial charge in [0.15, 0.2) is 0 Å². The summed E-state index contributed by atoms with van der Waals surface area (Å²) >= 11 is 0. The number of esters is 2. The van der Waals surface area contributed by atoms with E-state index in [1.165, 1.54) is 19.9 Å². The number of hydrogen-bond acceptors (Lipinski definition) is 14. The van der Waals surface area contributed by atoms with Crippen LogP contribution < -0.4 is 37.2 Å². The van der Waals surface area contributed by atoms with E-state index in [0.29, 0.717) is 12.0 Å². The number of nitrogens with one attached hydrogen (secondary N) is 7. The van der Waals surface area contributed by atoms with Crippen LogP contribution in [-0.2, 0) is 73.4 Å². The summed E-state index contributed by atoms with van der Waals surface area (Å²) in [6, 6.07) is 0.0407. The van der Waals surface area contributed by atoms with Crippen LogP contribution in [0.5, 0.6) is 0 Å². The average Bonchev–Trinajstić information content (AvgIpc) is 3.31.